The van der Waals surface area contributed by atoms with Gasteiger partial charge in [0.2, 0.25) is 5.78 Å². The number of carbonyl (C=O) groups excluding carboxylic acids is 3. The fourth-order valence-corrected chi connectivity index (χ4v) is 2.67. The quantitative estimate of drug-likeness (QED) is 0.652. The molecule has 1 amide bonds. The normalized spacial score (nSPS) is 11.6. The third-order valence-electron chi connectivity index (χ3n) is 3.14. The summed E-state index contributed by atoms with van der Waals surface area (Å²) in [7, 11) is 0. The van der Waals surface area contributed by atoms with Crippen LogP contribution in [0.2, 0.25) is 0 Å². The second kappa shape index (κ2) is 7.69. The van der Waals surface area contributed by atoms with Crippen molar-refractivity contribution in [1.29, 1.82) is 0 Å². The lowest BCUT2D eigenvalue weighted by atomic mass is 10.0. The minimum absolute atomic E-state index is 0.155. The van der Waals surface area contributed by atoms with Crippen molar-refractivity contribution in [3.8, 4) is 0 Å². The van der Waals surface area contributed by atoms with Crippen LogP contribution in [0.3, 0.4) is 0 Å². The summed E-state index contributed by atoms with van der Waals surface area (Å²) in [6.45, 7) is 3.72. The summed E-state index contributed by atoms with van der Waals surface area (Å²) < 4.78 is 5.16. The van der Waals surface area contributed by atoms with Gasteiger partial charge in [-0.15, -0.1) is 11.3 Å². The number of likely N-dealkylation sites (N-methyl/N-ethyl adjacent to an activating group) is 1. The van der Waals surface area contributed by atoms with Gasteiger partial charge >= 0.3 is 5.97 Å². The summed E-state index contributed by atoms with van der Waals surface area (Å²) in [5.74, 6) is -1.30. The number of benzene rings is 1. The van der Waals surface area contributed by atoms with Crippen molar-refractivity contribution in [2.45, 2.75) is 20.0 Å². The molecule has 0 saturated heterocycles. The molecule has 0 radical (unpaired) electrons. The standard InChI is InChI=1S/C17H17NO4S/c1-3-18-16(20)11(2)22-17(21)13-8-5-4-7-12(13)15(19)14-9-6-10-23-14/h4-11H,3H2,1-2H3,(H,18,20). The molecule has 0 aliphatic heterocycles. The van der Waals surface area contributed by atoms with Crippen LogP contribution in [0.1, 0.15) is 39.4 Å². The zero-order valence-electron chi connectivity index (χ0n) is 12.9. The van der Waals surface area contributed by atoms with Crippen molar-refractivity contribution in [3.63, 3.8) is 0 Å². The Morgan fingerprint density at radius 3 is 2.43 bits per heavy atom. The van der Waals surface area contributed by atoms with Crippen molar-refractivity contribution in [1.82, 2.24) is 5.32 Å². The second-order valence-corrected chi connectivity index (χ2v) is 5.74. The first-order chi connectivity index (χ1) is 11.0. The van der Waals surface area contributed by atoms with Crippen LogP contribution in [0.15, 0.2) is 41.8 Å². The number of hydrogen-bond donors (Lipinski definition) is 1. The molecule has 5 nitrogen and oxygen atoms in total. The zero-order chi connectivity index (χ0) is 16.8. The highest BCUT2D eigenvalue weighted by Gasteiger charge is 2.23. The molecule has 1 aromatic heterocycles. The first-order valence-corrected chi connectivity index (χ1v) is 8.08. The highest BCUT2D eigenvalue weighted by atomic mass is 32.1. The van der Waals surface area contributed by atoms with Crippen molar-refractivity contribution >= 4 is 29.0 Å². The third kappa shape index (κ3) is 4.04. The Bertz CT molecular complexity index is 709. The highest BCUT2D eigenvalue weighted by molar-refractivity contribution is 7.12. The van der Waals surface area contributed by atoms with E-state index in [0.717, 1.165) is 0 Å². The Labute approximate surface area is 138 Å². The summed E-state index contributed by atoms with van der Waals surface area (Å²) in [4.78, 5) is 37.0. The summed E-state index contributed by atoms with van der Waals surface area (Å²) in [6.07, 6.45) is -0.924. The van der Waals surface area contributed by atoms with Gasteiger partial charge in [-0.05, 0) is 31.4 Å². The maximum absolute atomic E-state index is 12.5. The molecule has 0 aliphatic carbocycles. The predicted molar refractivity (Wildman–Crippen MR) is 87.8 cm³/mol. The molecule has 1 atom stereocenters. The van der Waals surface area contributed by atoms with Crippen LogP contribution in [0.5, 0.6) is 0 Å². The van der Waals surface area contributed by atoms with Gasteiger partial charge in [0.05, 0.1) is 10.4 Å². The minimum Gasteiger partial charge on any atom is -0.449 e. The van der Waals surface area contributed by atoms with Gasteiger partial charge in [0.1, 0.15) is 0 Å². The molecule has 0 fully saturated rings. The van der Waals surface area contributed by atoms with Gasteiger partial charge < -0.3 is 10.1 Å². The number of carbonyl (C=O) groups is 3. The molecule has 0 bridgehead atoms. The van der Waals surface area contributed by atoms with E-state index in [4.69, 9.17) is 4.74 Å². The van der Waals surface area contributed by atoms with Crippen LogP contribution in [0.25, 0.3) is 0 Å². The van der Waals surface area contributed by atoms with Gasteiger partial charge in [0, 0.05) is 12.1 Å². The van der Waals surface area contributed by atoms with Crippen LogP contribution in [0, 0.1) is 0 Å². The Hall–Kier alpha value is -2.47. The molecule has 0 aliphatic rings. The van der Waals surface area contributed by atoms with Crippen LogP contribution < -0.4 is 5.32 Å². The third-order valence-corrected chi connectivity index (χ3v) is 4.01. The highest BCUT2D eigenvalue weighted by Crippen LogP contribution is 2.19. The van der Waals surface area contributed by atoms with Crippen molar-refractivity contribution in [2.75, 3.05) is 6.54 Å². The molecule has 2 aromatic rings. The van der Waals surface area contributed by atoms with E-state index in [1.165, 1.54) is 24.3 Å². The summed E-state index contributed by atoms with van der Waals surface area (Å²) in [5.41, 5.74) is 0.421. The monoisotopic (exact) mass is 331 g/mol. The van der Waals surface area contributed by atoms with Gasteiger partial charge in [-0.1, -0.05) is 24.3 Å². The van der Waals surface area contributed by atoms with Gasteiger partial charge in [-0.2, -0.15) is 0 Å². The summed E-state index contributed by atoms with van der Waals surface area (Å²) in [6, 6.07) is 9.91. The van der Waals surface area contributed by atoms with E-state index in [1.807, 2.05) is 0 Å². The lowest BCUT2D eigenvalue weighted by Crippen LogP contribution is -2.35. The maximum atomic E-state index is 12.5. The fraction of sp³-hybridized carbons (Fsp3) is 0.235. The van der Waals surface area contributed by atoms with E-state index in [2.05, 4.69) is 5.32 Å². The molecule has 6 heteroatoms. The molecule has 1 heterocycles. The van der Waals surface area contributed by atoms with E-state index < -0.39 is 12.1 Å². The van der Waals surface area contributed by atoms with Crippen LogP contribution in [0.4, 0.5) is 0 Å². The van der Waals surface area contributed by atoms with Gasteiger partial charge in [-0.3, -0.25) is 9.59 Å². The topological polar surface area (TPSA) is 72.5 Å². The average molecular weight is 331 g/mol. The lowest BCUT2D eigenvalue weighted by molar-refractivity contribution is -0.128. The molecule has 0 spiro atoms. The number of ketones is 1. The van der Waals surface area contributed by atoms with E-state index in [0.29, 0.717) is 11.4 Å². The average Bonchev–Trinajstić information content (AvgIpc) is 3.08. The fourth-order valence-electron chi connectivity index (χ4n) is 2.00. The molecule has 1 unspecified atom stereocenters. The Morgan fingerprint density at radius 2 is 1.83 bits per heavy atom. The summed E-state index contributed by atoms with van der Waals surface area (Å²) >= 11 is 1.31. The largest absolute Gasteiger partial charge is 0.449 e. The summed E-state index contributed by atoms with van der Waals surface area (Å²) in [5, 5.41) is 4.38. The SMILES string of the molecule is CCNC(=O)C(C)OC(=O)c1ccccc1C(=O)c1cccs1. The van der Waals surface area contributed by atoms with Crippen LogP contribution in [-0.2, 0) is 9.53 Å². The first kappa shape index (κ1) is 16.9. The van der Waals surface area contributed by atoms with Gasteiger partial charge in [0.15, 0.2) is 6.10 Å². The van der Waals surface area contributed by atoms with Crippen molar-refractivity contribution in [3.05, 3.63) is 57.8 Å². The molecular formula is C17H17NO4S. The zero-order valence-corrected chi connectivity index (χ0v) is 13.7. The maximum Gasteiger partial charge on any atom is 0.339 e. The molecule has 23 heavy (non-hydrogen) atoms. The number of ether oxygens (including phenoxy) is 1. The van der Waals surface area contributed by atoms with E-state index in [1.54, 1.807) is 42.6 Å². The van der Waals surface area contributed by atoms with Crippen molar-refractivity contribution < 1.29 is 19.1 Å². The van der Waals surface area contributed by atoms with Gasteiger partial charge in [-0.25, -0.2) is 4.79 Å². The first-order valence-electron chi connectivity index (χ1n) is 7.20. The number of amides is 1. The number of nitrogens with one attached hydrogen (secondary N) is 1. The predicted octanol–water partition coefficient (Wildman–Crippen LogP) is 2.66. The van der Waals surface area contributed by atoms with Crippen LogP contribution >= 0.6 is 11.3 Å². The number of esters is 1. The number of thiophene rings is 1. The molecule has 120 valence electrons. The molecular weight excluding hydrogens is 314 g/mol. The Morgan fingerprint density at radius 1 is 1.13 bits per heavy atom. The van der Waals surface area contributed by atoms with E-state index in [-0.39, 0.29) is 22.8 Å². The lowest BCUT2D eigenvalue weighted by Gasteiger charge is -2.14. The van der Waals surface area contributed by atoms with Crippen molar-refractivity contribution in [2.24, 2.45) is 0 Å². The molecule has 1 N–H and O–H groups in total. The second-order valence-electron chi connectivity index (χ2n) is 4.79. The van der Waals surface area contributed by atoms with E-state index >= 15 is 0 Å². The molecule has 1 aromatic carbocycles. The van der Waals surface area contributed by atoms with Crippen LogP contribution in [-0.4, -0.2) is 30.3 Å². The smallest absolute Gasteiger partial charge is 0.339 e. The van der Waals surface area contributed by atoms with Gasteiger partial charge in [0.25, 0.3) is 5.91 Å². The Kier molecular flexibility index (Phi) is 5.65. The minimum atomic E-state index is -0.924. The number of rotatable bonds is 6. The molecule has 0 saturated carbocycles. The Balaban J connectivity index is 2.21. The number of hydrogen-bond acceptors (Lipinski definition) is 5. The van der Waals surface area contributed by atoms with E-state index in [9.17, 15) is 14.4 Å². The molecule has 2 rings (SSSR count).